The summed E-state index contributed by atoms with van der Waals surface area (Å²) in [6.45, 7) is 8.82. The van der Waals surface area contributed by atoms with Gasteiger partial charge in [-0.15, -0.1) is 0 Å². The highest BCUT2D eigenvalue weighted by atomic mass is 16.5. The molecule has 0 heterocycles. The van der Waals surface area contributed by atoms with Crippen LogP contribution in [-0.2, 0) is 9.53 Å². The number of ether oxygens (including phenoxy) is 1. The van der Waals surface area contributed by atoms with E-state index < -0.39 is 11.8 Å². The third kappa shape index (κ3) is 4.19. The van der Waals surface area contributed by atoms with Crippen molar-refractivity contribution >= 4 is 11.8 Å². The van der Waals surface area contributed by atoms with Crippen LogP contribution < -0.4 is 0 Å². The molecule has 0 spiro atoms. The van der Waals surface area contributed by atoms with Crippen molar-refractivity contribution in [3.05, 3.63) is 35.9 Å². The van der Waals surface area contributed by atoms with Crippen LogP contribution in [0.5, 0.6) is 0 Å². The van der Waals surface area contributed by atoms with E-state index in [1.165, 1.54) is 0 Å². The molecular weight excluding hydrogens is 252 g/mol. The molecule has 0 aliphatic rings. The Kier molecular flexibility index (Phi) is 5.93. The topological polar surface area (TPSA) is 43.4 Å². The molecule has 20 heavy (non-hydrogen) atoms. The minimum Gasteiger partial charge on any atom is -0.459 e. The van der Waals surface area contributed by atoms with Gasteiger partial charge in [-0.05, 0) is 17.8 Å². The molecule has 0 aliphatic heterocycles. The molecule has 0 radical (unpaired) electrons. The highest BCUT2D eigenvalue weighted by Gasteiger charge is 2.28. The van der Waals surface area contributed by atoms with Gasteiger partial charge in [0.15, 0.2) is 0 Å². The van der Waals surface area contributed by atoms with Crippen LogP contribution in [0, 0.1) is 11.3 Å². The highest BCUT2D eigenvalue weighted by molar-refractivity contribution is 6.40. The van der Waals surface area contributed by atoms with Crippen LogP contribution in [-0.4, -0.2) is 18.4 Å². The summed E-state index contributed by atoms with van der Waals surface area (Å²) in [5.41, 5.74) is 0.477. The van der Waals surface area contributed by atoms with Crippen molar-refractivity contribution in [2.45, 2.75) is 40.5 Å². The molecule has 0 fully saturated rings. The van der Waals surface area contributed by atoms with Gasteiger partial charge in [0.25, 0.3) is 5.78 Å². The number of Topliss-reactive ketones (excluding diaryl/α,β-unsaturated/α-hetero) is 1. The van der Waals surface area contributed by atoms with Gasteiger partial charge in [0.1, 0.15) is 0 Å². The fourth-order valence-electron chi connectivity index (χ4n) is 2.13. The fourth-order valence-corrected chi connectivity index (χ4v) is 2.13. The standard InChI is InChI=1S/C17H24O3/c1-5-14(17(3,4)6-2)12-20-16(19)15(18)13-10-8-7-9-11-13/h7-11,14H,5-6,12H2,1-4H3. The number of carbonyl (C=O) groups excluding carboxylic acids is 2. The molecule has 3 heteroatoms. The number of rotatable bonds is 7. The number of hydrogen-bond acceptors (Lipinski definition) is 3. The SMILES string of the molecule is CCC(COC(=O)C(=O)c1ccccc1)C(C)(C)CC. The summed E-state index contributed by atoms with van der Waals surface area (Å²) >= 11 is 0. The Labute approximate surface area is 121 Å². The molecule has 0 aromatic heterocycles. The van der Waals surface area contributed by atoms with Crippen LogP contribution in [0.4, 0.5) is 0 Å². The van der Waals surface area contributed by atoms with Crippen LogP contribution in [0.25, 0.3) is 0 Å². The molecule has 110 valence electrons. The second-order valence-corrected chi connectivity index (χ2v) is 5.74. The Bertz CT molecular complexity index is 449. The average molecular weight is 276 g/mol. The second kappa shape index (κ2) is 7.22. The maximum absolute atomic E-state index is 11.9. The first-order valence-corrected chi connectivity index (χ1v) is 7.18. The monoisotopic (exact) mass is 276 g/mol. The second-order valence-electron chi connectivity index (χ2n) is 5.74. The Morgan fingerprint density at radius 3 is 2.25 bits per heavy atom. The minimum absolute atomic E-state index is 0.102. The molecule has 0 saturated carbocycles. The molecule has 1 aromatic carbocycles. The lowest BCUT2D eigenvalue weighted by molar-refractivity contribution is -0.140. The highest BCUT2D eigenvalue weighted by Crippen LogP contribution is 2.32. The van der Waals surface area contributed by atoms with Crippen molar-refractivity contribution in [1.82, 2.24) is 0 Å². The summed E-state index contributed by atoms with van der Waals surface area (Å²) in [4.78, 5) is 23.7. The fraction of sp³-hybridized carbons (Fsp3) is 0.529. The van der Waals surface area contributed by atoms with Crippen LogP contribution in [0.2, 0.25) is 0 Å². The third-order valence-corrected chi connectivity index (χ3v) is 4.15. The third-order valence-electron chi connectivity index (χ3n) is 4.15. The van der Waals surface area contributed by atoms with Crippen molar-refractivity contribution in [2.75, 3.05) is 6.61 Å². The molecule has 3 nitrogen and oxygen atoms in total. The Morgan fingerprint density at radius 2 is 1.75 bits per heavy atom. The number of esters is 1. The first-order valence-electron chi connectivity index (χ1n) is 7.18. The van der Waals surface area contributed by atoms with Gasteiger partial charge in [0.05, 0.1) is 6.61 Å². The van der Waals surface area contributed by atoms with E-state index in [0.29, 0.717) is 12.2 Å². The first kappa shape index (κ1) is 16.4. The van der Waals surface area contributed by atoms with E-state index in [1.54, 1.807) is 30.3 Å². The molecule has 0 aliphatic carbocycles. The molecule has 1 atom stereocenters. The minimum atomic E-state index is -0.762. The first-order chi connectivity index (χ1) is 9.42. The maximum Gasteiger partial charge on any atom is 0.379 e. The van der Waals surface area contributed by atoms with Crippen molar-refractivity contribution in [3.8, 4) is 0 Å². The summed E-state index contributed by atoms with van der Waals surface area (Å²) in [5, 5.41) is 0. The molecule has 0 saturated heterocycles. The van der Waals surface area contributed by atoms with Crippen LogP contribution in [0.3, 0.4) is 0 Å². The molecule has 1 aromatic rings. The number of carbonyl (C=O) groups is 2. The van der Waals surface area contributed by atoms with E-state index in [9.17, 15) is 9.59 Å². The van der Waals surface area contributed by atoms with Gasteiger partial charge in [0, 0.05) is 5.56 Å². The van der Waals surface area contributed by atoms with E-state index in [4.69, 9.17) is 4.74 Å². The van der Waals surface area contributed by atoms with Gasteiger partial charge >= 0.3 is 5.97 Å². The number of hydrogen-bond donors (Lipinski definition) is 0. The van der Waals surface area contributed by atoms with Crippen molar-refractivity contribution in [3.63, 3.8) is 0 Å². The predicted octanol–water partition coefficient (Wildman–Crippen LogP) is 3.87. The van der Waals surface area contributed by atoms with E-state index >= 15 is 0 Å². The van der Waals surface area contributed by atoms with Crippen LogP contribution >= 0.6 is 0 Å². The van der Waals surface area contributed by atoms with Crippen LogP contribution in [0.15, 0.2) is 30.3 Å². The average Bonchev–Trinajstić information content (AvgIpc) is 2.47. The van der Waals surface area contributed by atoms with E-state index in [-0.39, 0.29) is 11.3 Å². The molecule has 0 amide bonds. The summed E-state index contributed by atoms with van der Waals surface area (Å²) < 4.78 is 5.21. The van der Waals surface area contributed by atoms with Gasteiger partial charge < -0.3 is 4.74 Å². The molecule has 1 rings (SSSR count). The van der Waals surface area contributed by atoms with Crippen molar-refractivity contribution < 1.29 is 14.3 Å². The zero-order chi connectivity index (χ0) is 15.2. The molecule has 1 unspecified atom stereocenters. The van der Waals surface area contributed by atoms with Crippen molar-refractivity contribution in [1.29, 1.82) is 0 Å². The Hall–Kier alpha value is -1.64. The largest absolute Gasteiger partial charge is 0.459 e. The lowest BCUT2D eigenvalue weighted by Gasteiger charge is -2.32. The van der Waals surface area contributed by atoms with Crippen molar-refractivity contribution in [2.24, 2.45) is 11.3 Å². The normalized spacial score (nSPS) is 12.8. The number of benzene rings is 1. The van der Waals surface area contributed by atoms with Gasteiger partial charge in [-0.1, -0.05) is 64.4 Å². The van der Waals surface area contributed by atoms with Crippen LogP contribution in [0.1, 0.15) is 50.9 Å². The van der Waals surface area contributed by atoms with Gasteiger partial charge in [-0.3, -0.25) is 4.79 Å². The van der Waals surface area contributed by atoms with Gasteiger partial charge in [-0.25, -0.2) is 4.79 Å². The summed E-state index contributed by atoms with van der Waals surface area (Å²) in [5.74, 6) is -1.07. The molecular formula is C17H24O3. The van der Waals surface area contributed by atoms with Gasteiger partial charge in [-0.2, -0.15) is 0 Å². The molecule has 0 bridgehead atoms. The summed E-state index contributed by atoms with van der Waals surface area (Å²) in [6.07, 6.45) is 1.93. The summed E-state index contributed by atoms with van der Waals surface area (Å²) in [7, 11) is 0. The predicted molar refractivity (Wildman–Crippen MR) is 79.6 cm³/mol. The Morgan fingerprint density at radius 1 is 1.15 bits per heavy atom. The maximum atomic E-state index is 11.9. The smallest absolute Gasteiger partial charge is 0.379 e. The Balaban J connectivity index is 2.61. The zero-order valence-electron chi connectivity index (χ0n) is 12.8. The quantitative estimate of drug-likeness (QED) is 0.431. The van der Waals surface area contributed by atoms with E-state index in [2.05, 4.69) is 27.7 Å². The molecule has 0 N–H and O–H groups in total. The lowest BCUT2D eigenvalue weighted by Crippen LogP contribution is -2.29. The van der Waals surface area contributed by atoms with E-state index in [0.717, 1.165) is 12.8 Å². The lowest BCUT2D eigenvalue weighted by atomic mass is 9.76. The van der Waals surface area contributed by atoms with E-state index in [1.807, 2.05) is 0 Å². The zero-order valence-corrected chi connectivity index (χ0v) is 12.8. The summed E-state index contributed by atoms with van der Waals surface area (Å²) in [6, 6.07) is 8.51. The number of ketones is 1. The van der Waals surface area contributed by atoms with Gasteiger partial charge in [0.2, 0.25) is 0 Å².